The molecule has 0 aliphatic heterocycles. The van der Waals surface area contributed by atoms with E-state index in [-0.39, 0.29) is 21.1 Å². The number of hydrogen-bond acceptors (Lipinski definition) is 4. The zero-order valence-electron chi connectivity index (χ0n) is 18.0. The van der Waals surface area contributed by atoms with Crippen molar-refractivity contribution in [1.29, 1.82) is 0 Å². The molecule has 0 aliphatic rings. The quantitative estimate of drug-likeness (QED) is 0.225. The van der Waals surface area contributed by atoms with E-state index in [0.717, 1.165) is 55.7 Å². The molecule has 6 rings (SSSR count). The van der Waals surface area contributed by atoms with Crippen LogP contribution >= 0.6 is 0 Å². The smallest absolute Gasteiger partial charge is 0.293 e. The molecule has 0 spiro atoms. The standard InChI is InChI=1S/C29H18N4.Pt/c1-3-13-26-24(11-1)30-18-28(32-26)22-9-5-7-20(16-22)15-21-8-6-10-23(17-21)29-19-31-25-12-2-4-14-27(25)33-29;/h1-14,18-19H,15H2;/q-2;+2. The van der Waals surface area contributed by atoms with Crippen LogP contribution in [0.2, 0.25) is 0 Å². The molecule has 0 N–H and O–H groups in total. The third-order valence-electron chi connectivity index (χ3n) is 5.54. The van der Waals surface area contributed by atoms with Crippen molar-refractivity contribution in [3.63, 3.8) is 0 Å². The number of benzene rings is 4. The van der Waals surface area contributed by atoms with Crippen LogP contribution in [0.25, 0.3) is 44.6 Å². The maximum atomic E-state index is 4.76. The third kappa shape index (κ3) is 4.50. The third-order valence-corrected chi connectivity index (χ3v) is 5.54. The molecule has 0 radical (unpaired) electrons. The summed E-state index contributed by atoms with van der Waals surface area (Å²) in [6, 6.07) is 35.1. The first-order valence-electron chi connectivity index (χ1n) is 10.8. The van der Waals surface area contributed by atoms with Gasteiger partial charge in [-0.3, -0.25) is 19.9 Å². The van der Waals surface area contributed by atoms with Crippen molar-refractivity contribution in [2.24, 2.45) is 0 Å². The van der Waals surface area contributed by atoms with Gasteiger partial charge in [0.25, 0.3) is 0 Å². The molecule has 2 aromatic heterocycles. The number of hydrogen-bond donors (Lipinski definition) is 0. The topological polar surface area (TPSA) is 51.6 Å². The first-order valence-corrected chi connectivity index (χ1v) is 10.8. The largest absolute Gasteiger partial charge is 2.00 e. The van der Waals surface area contributed by atoms with Crippen LogP contribution in [0.15, 0.2) is 97.3 Å². The van der Waals surface area contributed by atoms with E-state index in [1.165, 1.54) is 0 Å². The van der Waals surface area contributed by atoms with E-state index in [9.17, 15) is 0 Å². The van der Waals surface area contributed by atoms with Crippen molar-refractivity contribution in [3.05, 3.63) is 121 Å². The zero-order chi connectivity index (χ0) is 22.0. The van der Waals surface area contributed by atoms with E-state index >= 15 is 0 Å². The fourth-order valence-electron chi connectivity index (χ4n) is 3.92. The summed E-state index contributed by atoms with van der Waals surface area (Å²) >= 11 is 0. The number of para-hydroxylation sites is 4. The molecule has 0 aliphatic carbocycles. The predicted molar refractivity (Wildman–Crippen MR) is 130 cm³/mol. The van der Waals surface area contributed by atoms with Gasteiger partial charge in [0.1, 0.15) is 0 Å². The van der Waals surface area contributed by atoms with Gasteiger partial charge in [-0.2, -0.15) is 0 Å². The van der Waals surface area contributed by atoms with Crippen molar-refractivity contribution in [1.82, 2.24) is 19.9 Å². The summed E-state index contributed by atoms with van der Waals surface area (Å²) in [5.41, 5.74) is 9.18. The monoisotopic (exact) mass is 617 g/mol. The minimum atomic E-state index is 0. The maximum absolute atomic E-state index is 4.76. The molecule has 0 bridgehead atoms. The van der Waals surface area contributed by atoms with Gasteiger partial charge in [-0.25, -0.2) is 0 Å². The second kappa shape index (κ2) is 9.62. The average molecular weight is 618 g/mol. The Morgan fingerprint density at radius 3 is 1.41 bits per heavy atom. The van der Waals surface area contributed by atoms with E-state index in [2.05, 4.69) is 34.2 Å². The fourth-order valence-corrected chi connectivity index (χ4v) is 3.92. The molecule has 0 atom stereocenters. The Morgan fingerprint density at radius 2 is 0.941 bits per heavy atom. The van der Waals surface area contributed by atoms with Gasteiger partial charge in [-0.1, -0.05) is 24.3 Å². The Kier molecular flexibility index (Phi) is 6.24. The molecule has 2 heterocycles. The van der Waals surface area contributed by atoms with Gasteiger partial charge in [0.05, 0.1) is 22.1 Å². The Hall–Kier alpha value is -3.75. The van der Waals surface area contributed by atoms with Crippen LogP contribution in [0.1, 0.15) is 11.1 Å². The van der Waals surface area contributed by atoms with Crippen LogP contribution < -0.4 is 0 Å². The van der Waals surface area contributed by atoms with Crippen molar-refractivity contribution in [2.75, 3.05) is 0 Å². The SMILES string of the molecule is [Pt+2].[c-]1c(Cc2[c-]c(-c3cnc4ccccc4n3)ccc2)cccc1-c1cnc2ccccc2n1. The van der Waals surface area contributed by atoms with Crippen LogP contribution in [-0.4, -0.2) is 19.9 Å². The van der Waals surface area contributed by atoms with Gasteiger partial charge in [-0.15, -0.1) is 70.8 Å². The van der Waals surface area contributed by atoms with Crippen LogP contribution in [0.5, 0.6) is 0 Å². The molecule has 4 nitrogen and oxygen atoms in total. The van der Waals surface area contributed by atoms with Gasteiger partial charge in [0.15, 0.2) is 0 Å². The van der Waals surface area contributed by atoms with Crippen molar-refractivity contribution >= 4 is 22.1 Å². The van der Waals surface area contributed by atoms with Gasteiger partial charge in [0.2, 0.25) is 0 Å². The minimum Gasteiger partial charge on any atom is -0.293 e. The normalized spacial score (nSPS) is 10.8. The second-order valence-corrected chi connectivity index (χ2v) is 7.84. The van der Waals surface area contributed by atoms with Crippen LogP contribution in [-0.2, 0) is 27.5 Å². The number of fused-ring (bicyclic) bond motifs is 2. The molecular weight excluding hydrogens is 599 g/mol. The van der Waals surface area contributed by atoms with Crippen molar-refractivity contribution in [3.8, 4) is 22.5 Å². The summed E-state index contributed by atoms with van der Waals surface area (Å²) in [5.74, 6) is 0. The number of nitrogens with zero attached hydrogens (tertiary/aromatic N) is 4. The summed E-state index contributed by atoms with van der Waals surface area (Å²) in [4.78, 5) is 18.6. The van der Waals surface area contributed by atoms with Crippen LogP contribution in [0, 0.1) is 12.1 Å². The summed E-state index contributed by atoms with van der Waals surface area (Å²) in [5, 5.41) is 0. The van der Waals surface area contributed by atoms with E-state index < -0.39 is 0 Å². The first-order chi connectivity index (χ1) is 16.3. The molecule has 0 saturated heterocycles. The average Bonchev–Trinajstić information content (AvgIpc) is 2.88. The molecule has 4 aromatic carbocycles. The Balaban J connectivity index is 0.00000241. The number of aromatic nitrogens is 4. The Morgan fingerprint density at radius 1 is 0.500 bits per heavy atom. The van der Waals surface area contributed by atoms with Gasteiger partial charge >= 0.3 is 21.1 Å². The summed E-state index contributed by atoms with van der Waals surface area (Å²) < 4.78 is 0. The fraction of sp³-hybridized carbons (Fsp3) is 0.0345. The Bertz CT molecular complexity index is 1490. The molecule has 0 amide bonds. The number of rotatable bonds is 4. The molecule has 0 unspecified atom stereocenters. The van der Waals surface area contributed by atoms with E-state index in [4.69, 9.17) is 9.97 Å². The molecule has 5 heteroatoms. The molecule has 34 heavy (non-hydrogen) atoms. The second-order valence-electron chi connectivity index (χ2n) is 7.84. The van der Waals surface area contributed by atoms with Gasteiger partial charge in [-0.05, 0) is 30.7 Å². The van der Waals surface area contributed by atoms with E-state index in [1.54, 1.807) is 0 Å². The van der Waals surface area contributed by atoms with E-state index in [0.29, 0.717) is 6.42 Å². The predicted octanol–water partition coefficient (Wildman–Crippen LogP) is 6.10. The maximum Gasteiger partial charge on any atom is 2.00 e. The molecule has 0 saturated carbocycles. The minimum absolute atomic E-state index is 0. The molecule has 6 aromatic rings. The zero-order valence-corrected chi connectivity index (χ0v) is 20.3. The summed E-state index contributed by atoms with van der Waals surface area (Å²) in [7, 11) is 0. The van der Waals surface area contributed by atoms with Gasteiger partial charge in [0, 0.05) is 23.8 Å². The Labute approximate surface area is 212 Å². The molecular formula is C29H18N4Pt. The molecule has 0 fully saturated rings. The summed E-state index contributed by atoms with van der Waals surface area (Å²) in [6.07, 6.45) is 4.33. The molecule has 164 valence electrons. The van der Waals surface area contributed by atoms with Crippen LogP contribution in [0.3, 0.4) is 0 Å². The van der Waals surface area contributed by atoms with Gasteiger partial charge < -0.3 is 0 Å². The van der Waals surface area contributed by atoms with Crippen molar-refractivity contribution < 1.29 is 21.1 Å². The van der Waals surface area contributed by atoms with Crippen molar-refractivity contribution in [2.45, 2.75) is 6.42 Å². The van der Waals surface area contributed by atoms with E-state index in [1.807, 2.05) is 85.2 Å². The first kappa shape index (κ1) is 22.1. The van der Waals surface area contributed by atoms with Crippen LogP contribution in [0.4, 0.5) is 0 Å². The summed E-state index contributed by atoms with van der Waals surface area (Å²) in [6.45, 7) is 0.